The van der Waals surface area contributed by atoms with Crippen LogP contribution in [0.2, 0.25) is 0 Å². The molecule has 0 aliphatic heterocycles. The molecule has 0 heterocycles. The average molecular weight is 374 g/mol. The number of nitrogen functional groups attached to an aromatic ring is 1. The van der Waals surface area contributed by atoms with Gasteiger partial charge in [0.1, 0.15) is 0 Å². The molecule has 9 heteroatoms. The first kappa shape index (κ1) is 21.8. The van der Waals surface area contributed by atoms with Crippen LogP contribution >= 0.6 is 24.8 Å². The third kappa shape index (κ3) is 5.75. The van der Waals surface area contributed by atoms with Crippen molar-refractivity contribution in [3.05, 3.63) is 23.8 Å². The standard InChI is InChI=1S/C14H18F3N3O.2ClH/c15-14(16,17)9-4-5-11(19)12(7-9)20-13(21)6-8-2-1-3-10(8)18;;/h4-5,7-8,10H,1-3,6,18-19H2,(H,20,21);2*1H/t8-,10+;;/m0../s1. The Hall–Kier alpha value is -1.18. The Bertz CT molecular complexity index is 540. The number of nitrogens with two attached hydrogens (primary N) is 2. The van der Waals surface area contributed by atoms with Gasteiger partial charge in [0.25, 0.3) is 0 Å². The highest BCUT2D eigenvalue weighted by Crippen LogP contribution is 2.33. The normalized spacial score (nSPS) is 20.3. The zero-order valence-corrected chi connectivity index (χ0v) is 13.9. The van der Waals surface area contributed by atoms with Crippen LogP contribution in [0.1, 0.15) is 31.2 Å². The lowest BCUT2D eigenvalue weighted by Gasteiger charge is -2.16. The third-order valence-corrected chi connectivity index (χ3v) is 3.82. The summed E-state index contributed by atoms with van der Waals surface area (Å²) in [5, 5.41) is 2.45. The summed E-state index contributed by atoms with van der Waals surface area (Å²) in [5.41, 5.74) is 10.7. The van der Waals surface area contributed by atoms with E-state index in [1.165, 1.54) is 0 Å². The Morgan fingerprint density at radius 1 is 1.26 bits per heavy atom. The fourth-order valence-electron chi connectivity index (χ4n) is 2.60. The van der Waals surface area contributed by atoms with Crippen molar-refractivity contribution in [2.45, 2.75) is 37.9 Å². The lowest BCUT2D eigenvalue weighted by molar-refractivity contribution is -0.137. The summed E-state index contributed by atoms with van der Waals surface area (Å²) >= 11 is 0. The first-order chi connectivity index (χ1) is 9.77. The van der Waals surface area contributed by atoms with Crippen molar-refractivity contribution in [3.8, 4) is 0 Å². The van der Waals surface area contributed by atoms with Crippen molar-refractivity contribution in [1.82, 2.24) is 0 Å². The predicted octanol–water partition coefficient (Wildman–Crippen LogP) is 3.59. The van der Waals surface area contributed by atoms with Gasteiger partial charge in [0.2, 0.25) is 5.91 Å². The van der Waals surface area contributed by atoms with Gasteiger partial charge in [-0.3, -0.25) is 4.79 Å². The van der Waals surface area contributed by atoms with Gasteiger partial charge in [-0.1, -0.05) is 6.42 Å². The van der Waals surface area contributed by atoms with E-state index in [9.17, 15) is 18.0 Å². The Morgan fingerprint density at radius 3 is 2.43 bits per heavy atom. The molecule has 132 valence electrons. The number of nitrogens with one attached hydrogen (secondary N) is 1. The molecule has 1 aromatic carbocycles. The highest BCUT2D eigenvalue weighted by Gasteiger charge is 2.31. The van der Waals surface area contributed by atoms with E-state index in [4.69, 9.17) is 11.5 Å². The Labute approximate surface area is 145 Å². The summed E-state index contributed by atoms with van der Waals surface area (Å²) in [5.74, 6) is -0.277. The van der Waals surface area contributed by atoms with Crippen molar-refractivity contribution >= 4 is 42.1 Å². The molecular formula is C14H20Cl2F3N3O. The van der Waals surface area contributed by atoms with Gasteiger partial charge >= 0.3 is 6.18 Å². The van der Waals surface area contributed by atoms with E-state index in [2.05, 4.69) is 5.32 Å². The molecule has 0 bridgehead atoms. The molecule has 0 saturated heterocycles. The van der Waals surface area contributed by atoms with Gasteiger partial charge in [-0.05, 0) is 37.0 Å². The van der Waals surface area contributed by atoms with Crippen LogP contribution in [0.4, 0.5) is 24.5 Å². The maximum absolute atomic E-state index is 12.6. The summed E-state index contributed by atoms with van der Waals surface area (Å²) in [6.07, 6.45) is -1.54. The van der Waals surface area contributed by atoms with E-state index in [0.29, 0.717) is 0 Å². The second-order valence-electron chi connectivity index (χ2n) is 5.41. The van der Waals surface area contributed by atoms with Crippen LogP contribution < -0.4 is 16.8 Å². The van der Waals surface area contributed by atoms with Gasteiger partial charge in [-0.25, -0.2) is 0 Å². The van der Waals surface area contributed by atoms with Crippen LogP contribution in [0.3, 0.4) is 0 Å². The molecule has 1 aromatic rings. The monoisotopic (exact) mass is 373 g/mol. The number of hydrogen-bond donors (Lipinski definition) is 3. The van der Waals surface area contributed by atoms with Gasteiger partial charge in [0, 0.05) is 12.5 Å². The fraction of sp³-hybridized carbons (Fsp3) is 0.500. The smallest absolute Gasteiger partial charge is 0.397 e. The van der Waals surface area contributed by atoms with E-state index in [1.807, 2.05) is 0 Å². The number of amides is 1. The highest BCUT2D eigenvalue weighted by atomic mass is 35.5. The Kier molecular flexibility index (Phi) is 8.17. The molecule has 0 aromatic heterocycles. The van der Waals surface area contributed by atoms with Crippen LogP contribution in [0.5, 0.6) is 0 Å². The molecule has 1 aliphatic rings. The van der Waals surface area contributed by atoms with E-state index in [1.54, 1.807) is 0 Å². The summed E-state index contributed by atoms with van der Waals surface area (Å²) in [4.78, 5) is 11.9. The maximum atomic E-state index is 12.6. The molecule has 0 spiro atoms. The number of anilines is 2. The molecule has 23 heavy (non-hydrogen) atoms. The quantitative estimate of drug-likeness (QED) is 0.708. The molecule has 1 fully saturated rings. The lowest BCUT2D eigenvalue weighted by Crippen LogP contribution is -2.28. The molecular weight excluding hydrogens is 354 g/mol. The number of carbonyl (C=O) groups is 1. The summed E-state index contributed by atoms with van der Waals surface area (Å²) in [7, 11) is 0. The molecule has 0 radical (unpaired) electrons. The van der Waals surface area contributed by atoms with Crippen molar-refractivity contribution in [3.63, 3.8) is 0 Å². The SMILES string of the molecule is Cl.Cl.Nc1ccc(C(F)(F)F)cc1NC(=O)C[C@@H]1CCC[C@H]1N. The van der Waals surface area contributed by atoms with Crippen LogP contribution in [0, 0.1) is 5.92 Å². The predicted molar refractivity (Wildman–Crippen MR) is 88.9 cm³/mol. The molecule has 2 rings (SSSR count). The molecule has 2 atom stereocenters. The Balaban J connectivity index is 0.00000242. The highest BCUT2D eigenvalue weighted by molar-refractivity contribution is 5.94. The number of hydrogen-bond acceptors (Lipinski definition) is 3. The molecule has 1 aliphatic carbocycles. The minimum absolute atomic E-state index is 0. The second kappa shape index (κ2) is 8.61. The van der Waals surface area contributed by atoms with Gasteiger partial charge < -0.3 is 16.8 Å². The molecule has 1 saturated carbocycles. The number of halogens is 5. The fourth-order valence-corrected chi connectivity index (χ4v) is 2.60. The van der Waals surface area contributed by atoms with E-state index < -0.39 is 11.7 Å². The zero-order valence-electron chi connectivity index (χ0n) is 12.2. The first-order valence-electron chi connectivity index (χ1n) is 6.79. The van der Waals surface area contributed by atoms with Crippen LogP contribution in [-0.4, -0.2) is 11.9 Å². The molecule has 1 amide bonds. The third-order valence-electron chi connectivity index (χ3n) is 3.82. The number of rotatable bonds is 3. The summed E-state index contributed by atoms with van der Waals surface area (Å²) in [6.45, 7) is 0. The molecule has 5 N–H and O–H groups in total. The lowest BCUT2D eigenvalue weighted by atomic mass is 10.00. The van der Waals surface area contributed by atoms with Crippen LogP contribution in [0.15, 0.2) is 18.2 Å². The van der Waals surface area contributed by atoms with Gasteiger partial charge in [-0.15, -0.1) is 24.8 Å². The van der Waals surface area contributed by atoms with Crippen molar-refractivity contribution in [2.75, 3.05) is 11.1 Å². The van der Waals surface area contributed by atoms with E-state index in [0.717, 1.165) is 37.5 Å². The topological polar surface area (TPSA) is 81.1 Å². The summed E-state index contributed by atoms with van der Waals surface area (Å²) < 4.78 is 37.9. The molecule has 4 nitrogen and oxygen atoms in total. The number of alkyl halides is 3. The van der Waals surface area contributed by atoms with Crippen molar-refractivity contribution in [1.29, 1.82) is 0 Å². The van der Waals surface area contributed by atoms with Gasteiger partial charge in [0.05, 0.1) is 16.9 Å². The second-order valence-corrected chi connectivity index (χ2v) is 5.41. The molecule has 0 unspecified atom stereocenters. The largest absolute Gasteiger partial charge is 0.416 e. The average Bonchev–Trinajstić information content (AvgIpc) is 2.76. The van der Waals surface area contributed by atoms with Crippen LogP contribution in [-0.2, 0) is 11.0 Å². The van der Waals surface area contributed by atoms with Crippen molar-refractivity contribution < 1.29 is 18.0 Å². The van der Waals surface area contributed by atoms with E-state index in [-0.39, 0.29) is 60.5 Å². The first-order valence-corrected chi connectivity index (χ1v) is 6.79. The van der Waals surface area contributed by atoms with E-state index >= 15 is 0 Å². The zero-order chi connectivity index (χ0) is 15.6. The Morgan fingerprint density at radius 2 is 1.91 bits per heavy atom. The number of benzene rings is 1. The summed E-state index contributed by atoms with van der Waals surface area (Å²) in [6, 6.07) is 2.86. The van der Waals surface area contributed by atoms with Gasteiger partial charge in [0.15, 0.2) is 0 Å². The van der Waals surface area contributed by atoms with Crippen molar-refractivity contribution in [2.24, 2.45) is 11.7 Å². The minimum atomic E-state index is -4.47. The van der Waals surface area contributed by atoms with Crippen LogP contribution in [0.25, 0.3) is 0 Å². The maximum Gasteiger partial charge on any atom is 0.416 e. The minimum Gasteiger partial charge on any atom is -0.397 e. The number of carbonyl (C=O) groups excluding carboxylic acids is 1. The van der Waals surface area contributed by atoms with Gasteiger partial charge in [-0.2, -0.15) is 13.2 Å².